The summed E-state index contributed by atoms with van der Waals surface area (Å²) in [6, 6.07) is 12.4. The molecular formula is C20H21N4O6S-. The van der Waals surface area contributed by atoms with Gasteiger partial charge in [0.05, 0.1) is 22.7 Å². The van der Waals surface area contributed by atoms with Gasteiger partial charge in [-0.15, -0.1) is 0 Å². The molecule has 1 aliphatic rings. The molecule has 11 heteroatoms. The van der Waals surface area contributed by atoms with Crippen molar-refractivity contribution in [3.05, 3.63) is 65.2 Å². The lowest BCUT2D eigenvalue weighted by Crippen LogP contribution is -2.24. The number of hydrogen-bond acceptors (Lipinski definition) is 10. The molecule has 0 amide bonds. The van der Waals surface area contributed by atoms with E-state index >= 15 is 0 Å². The Morgan fingerprint density at radius 1 is 1.26 bits per heavy atom. The van der Waals surface area contributed by atoms with Crippen molar-refractivity contribution >= 4 is 15.5 Å². The zero-order valence-corrected chi connectivity index (χ0v) is 17.4. The van der Waals surface area contributed by atoms with Gasteiger partial charge in [-0.25, -0.2) is 8.42 Å². The second-order valence-electron chi connectivity index (χ2n) is 7.53. The van der Waals surface area contributed by atoms with Crippen molar-refractivity contribution in [1.82, 2.24) is 15.0 Å². The molecule has 0 radical (unpaired) electrons. The molecule has 0 aliphatic carbocycles. The molecule has 2 aromatic carbocycles. The summed E-state index contributed by atoms with van der Waals surface area (Å²) < 4.78 is 28.7. The van der Waals surface area contributed by atoms with E-state index in [-0.39, 0.29) is 27.7 Å². The lowest BCUT2D eigenvalue weighted by Gasteiger charge is -2.21. The van der Waals surface area contributed by atoms with Gasteiger partial charge in [0.15, 0.2) is 9.84 Å². The van der Waals surface area contributed by atoms with E-state index in [9.17, 15) is 18.7 Å². The number of hydrogen-bond donors (Lipinski definition) is 2. The Hall–Kier alpha value is -2.83. The summed E-state index contributed by atoms with van der Waals surface area (Å²) in [7, 11) is -3.27. The smallest absolute Gasteiger partial charge is 0.244 e. The zero-order valence-electron chi connectivity index (χ0n) is 16.6. The van der Waals surface area contributed by atoms with Gasteiger partial charge in [0, 0.05) is 24.9 Å². The van der Waals surface area contributed by atoms with Crippen LogP contribution in [0.3, 0.4) is 0 Å². The van der Waals surface area contributed by atoms with E-state index in [1.54, 1.807) is 36.4 Å². The van der Waals surface area contributed by atoms with Crippen LogP contribution in [0.4, 0.5) is 5.69 Å². The quantitative estimate of drug-likeness (QED) is 0.542. The predicted octanol–water partition coefficient (Wildman–Crippen LogP) is 2.14. The number of nitrogens with zero attached hydrogens (tertiary/aromatic N) is 4. The van der Waals surface area contributed by atoms with Crippen LogP contribution in [0, 0.1) is 5.21 Å². The fourth-order valence-corrected chi connectivity index (χ4v) is 4.27. The predicted molar refractivity (Wildman–Crippen MR) is 111 cm³/mol. The maximum absolute atomic E-state index is 11.6. The largest absolute Gasteiger partial charge is 0.733 e. The van der Waals surface area contributed by atoms with E-state index in [1.165, 1.54) is 12.1 Å². The van der Waals surface area contributed by atoms with Crippen molar-refractivity contribution in [3.63, 3.8) is 0 Å². The van der Waals surface area contributed by atoms with Gasteiger partial charge in [-0.05, 0) is 36.2 Å². The molecule has 3 aromatic rings. The average Bonchev–Trinajstić information content (AvgIpc) is 3.34. The Labute approximate surface area is 178 Å². The molecule has 1 aliphatic heterocycles. The summed E-state index contributed by atoms with van der Waals surface area (Å²) in [5.41, 5.74) is 1.43. The van der Waals surface area contributed by atoms with Gasteiger partial charge in [-0.3, -0.25) is 10.1 Å². The highest BCUT2D eigenvalue weighted by Crippen LogP contribution is 2.34. The topological polar surface area (TPSA) is 143 Å². The average molecular weight is 445 g/mol. The summed E-state index contributed by atoms with van der Waals surface area (Å²) in [5, 5.41) is 34.1. The van der Waals surface area contributed by atoms with Crippen LogP contribution in [0.5, 0.6) is 0 Å². The molecule has 2 heterocycles. The van der Waals surface area contributed by atoms with Crippen LogP contribution in [-0.4, -0.2) is 52.7 Å². The first kappa shape index (κ1) is 21.4. The molecule has 10 nitrogen and oxygen atoms in total. The number of benzene rings is 2. The number of aromatic nitrogens is 2. The third-order valence-electron chi connectivity index (χ3n) is 5.17. The fraction of sp³-hybridized carbons (Fsp3) is 0.300. The van der Waals surface area contributed by atoms with Crippen molar-refractivity contribution in [1.29, 1.82) is 0 Å². The number of β-amino-alcohol motifs (C(OH)–C–C–N with tert-alkyl or cyclic N) is 1. The van der Waals surface area contributed by atoms with E-state index in [1.807, 2.05) is 4.90 Å². The Morgan fingerprint density at radius 3 is 2.68 bits per heavy atom. The number of aliphatic hydroxyl groups excluding tert-OH is 1. The van der Waals surface area contributed by atoms with Crippen molar-refractivity contribution < 1.29 is 23.3 Å². The molecule has 31 heavy (non-hydrogen) atoms. The standard InChI is InChI=1S/C20H21N4O6S/c1-31(28,29)17-7-5-13(6-8-17)11-23-12-16(25)10-18(23)20-21-19(22-30-20)14-3-2-4-15(9-14)24(26)27/h2-9,16,18,25-26H,10-12H2,1H3/q-1/t16-,18+/m1/s1. The van der Waals surface area contributed by atoms with Gasteiger partial charge < -0.3 is 20.1 Å². The highest BCUT2D eigenvalue weighted by Gasteiger charge is 2.36. The van der Waals surface area contributed by atoms with Crippen LogP contribution < -0.4 is 5.23 Å². The maximum Gasteiger partial charge on any atom is 0.244 e. The first-order valence-electron chi connectivity index (χ1n) is 9.52. The molecule has 0 bridgehead atoms. The molecule has 1 aromatic heterocycles. The first-order chi connectivity index (χ1) is 14.7. The van der Waals surface area contributed by atoms with Gasteiger partial charge in [0.1, 0.15) is 0 Å². The van der Waals surface area contributed by atoms with E-state index in [0.717, 1.165) is 11.8 Å². The van der Waals surface area contributed by atoms with Crippen LogP contribution in [0.15, 0.2) is 57.9 Å². The summed E-state index contributed by atoms with van der Waals surface area (Å²) in [6.07, 6.45) is 1.00. The molecule has 2 atom stereocenters. The second-order valence-corrected chi connectivity index (χ2v) is 9.55. The third-order valence-corrected chi connectivity index (χ3v) is 6.30. The Morgan fingerprint density at radius 2 is 2.00 bits per heavy atom. The van der Waals surface area contributed by atoms with Crippen LogP contribution in [-0.2, 0) is 16.4 Å². The van der Waals surface area contributed by atoms with Crippen LogP contribution in [0.25, 0.3) is 11.4 Å². The van der Waals surface area contributed by atoms with Crippen molar-refractivity contribution in [2.45, 2.75) is 30.0 Å². The molecule has 0 spiro atoms. The van der Waals surface area contributed by atoms with Gasteiger partial charge in [0.25, 0.3) is 0 Å². The maximum atomic E-state index is 11.6. The van der Waals surface area contributed by atoms with Crippen LogP contribution >= 0.6 is 0 Å². The van der Waals surface area contributed by atoms with E-state index in [0.29, 0.717) is 31.0 Å². The van der Waals surface area contributed by atoms with Crippen LogP contribution in [0.1, 0.15) is 23.9 Å². The van der Waals surface area contributed by atoms with Crippen molar-refractivity contribution in [2.24, 2.45) is 0 Å². The van der Waals surface area contributed by atoms with E-state index < -0.39 is 15.9 Å². The molecule has 164 valence electrons. The molecule has 1 saturated heterocycles. The Kier molecular flexibility index (Phi) is 5.77. The van der Waals surface area contributed by atoms with Crippen molar-refractivity contribution in [3.8, 4) is 11.4 Å². The van der Waals surface area contributed by atoms with Gasteiger partial charge in [-0.1, -0.05) is 29.4 Å². The minimum Gasteiger partial charge on any atom is -0.733 e. The molecule has 2 N–H and O–H groups in total. The number of aliphatic hydroxyl groups is 1. The molecule has 0 unspecified atom stereocenters. The summed E-state index contributed by atoms with van der Waals surface area (Å²) >= 11 is 0. The Bertz CT molecular complexity index is 1160. The highest BCUT2D eigenvalue weighted by molar-refractivity contribution is 7.90. The third kappa shape index (κ3) is 4.75. The van der Waals surface area contributed by atoms with Crippen LogP contribution in [0.2, 0.25) is 0 Å². The lowest BCUT2D eigenvalue weighted by atomic mass is 10.1. The number of anilines is 1. The molecule has 0 saturated carbocycles. The second kappa shape index (κ2) is 8.36. The first-order valence-corrected chi connectivity index (χ1v) is 11.4. The summed E-state index contributed by atoms with van der Waals surface area (Å²) in [6.45, 7) is 0.871. The lowest BCUT2D eigenvalue weighted by molar-refractivity contribution is 0.169. The zero-order chi connectivity index (χ0) is 22.2. The Balaban J connectivity index is 1.54. The monoisotopic (exact) mass is 445 g/mol. The number of sulfone groups is 1. The highest BCUT2D eigenvalue weighted by atomic mass is 32.2. The normalized spacial score (nSPS) is 19.6. The SMILES string of the molecule is CS(=O)(=O)c1ccc(CN2C[C@H](O)C[C@H]2c2nc(-c3cccc(N([O-])O)c3)no2)cc1. The number of likely N-dealkylation sites (tertiary alicyclic amines) is 1. The molecular weight excluding hydrogens is 424 g/mol. The molecule has 4 rings (SSSR count). The minimum atomic E-state index is -3.27. The van der Waals surface area contributed by atoms with Gasteiger partial charge >= 0.3 is 0 Å². The van der Waals surface area contributed by atoms with Gasteiger partial charge in [0.2, 0.25) is 11.7 Å². The van der Waals surface area contributed by atoms with Crippen molar-refractivity contribution in [2.75, 3.05) is 18.0 Å². The van der Waals surface area contributed by atoms with E-state index in [2.05, 4.69) is 10.1 Å². The molecule has 1 fully saturated rings. The summed E-state index contributed by atoms with van der Waals surface area (Å²) in [4.78, 5) is 6.66. The van der Waals surface area contributed by atoms with Gasteiger partial charge in [-0.2, -0.15) is 4.98 Å². The minimum absolute atomic E-state index is 0.0410. The summed E-state index contributed by atoms with van der Waals surface area (Å²) in [5.74, 6) is 0.588. The fourth-order valence-electron chi connectivity index (χ4n) is 3.64. The van der Waals surface area contributed by atoms with E-state index in [4.69, 9.17) is 9.73 Å². The number of rotatable bonds is 6.